The van der Waals surface area contributed by atoms with Crippen molar-refractivity contribution in [2.45, 2.75) is 30.6 Å². The number of hydrogen-bond acceptors (Lipinski definition) is 2. The predicted molar refractivity (Wildman–Crippen MR) is 54.7 cm³/mol. The molecule has 1 aromatic carbocycles. The minimum atomic E-state index is 0.819. The topological polar surface area (TPSA) is 26.0 Å². The molecule has 0 radical (unpaired) electrons. The van der Waals surface area contributed by atoms with Crippen molar-refractivity contribution in [1.82, 2.24) is 0 Å². The Morgan fingerprint density at radius 1 is 1.08 bits per heavy atom. The Labute approximate surface area is 78.4 Å². The van der Waals surface area contributed by atoms with Crippen LogP contribution in [-0.2, 0) is 12.8 Å². The number of hydrogen-bond donors (Lipinski definition) is 2. The van der Waals surface area contributed by atoms with Crippen LogP contribution in [0.2, 0.25) is 0 Å². The number of nitrogens with two attached hydrogens (primary N) is 1. The largest absolute Gasteiger partial charge is 0.398 e. The molecular weight excluding hydrogens is 166 g/mol. The van der Waals surface area contributed by atoms with Gasteiger partial charge in [0.2, 0.25) is 0 Å². The maximum Gasteiger partial charge on any atom is 0.0452 e. The summed E-state index contributed by atoms with van der Waals surface area (Å²) in [6.45, 7) is 0. The Bertz CT molecular complexity index is 276. The van der Waals surface area contributed by atoms with Gasteiger partial charge < -0.3 is 5.73 Å². The Hall–Kier alpha value is -0.630. The van der Waals surface area contributed by atoms with Gasteiger partial charge >= 0.3 is 0 Å². The van der Waals surface area contributed by atoms with Crippen molar-refractivity contribution < 1.29 is 0 Å². The molecular formula is C10H13NS. The van der Waals surface area contributed by atoms with Crippen molar-refractivity contribution in [1.29, 1.82) is 0 Å². The second-order valence-corrected chi connectivity index (χ2v) is 3.87. The molecule has 0 unspecified atom stereocenters. The first-order valence-corrected chi connectivity index (χ1v) is 4.82. The molecule has 0 aliphatic heterocycles. The van der Waals surface area contributed by atoms with E-state index in [1.807, 2.05) is 0 Å². The van der Waals surface area contributed by atoms with Crippen LogP contribution in [0.3, 0.4) is 0 Å². The molecule has 0 heterocycles. The highest BCUT2D eigenvalue weighted by Crippen LogP contribution is 2.27. The molecule has 0 saturated carbocycles. The van der Waals surface area contributed by atoms with Gasteiger partial charge in [0, 0.05) is 10.6 Å². The van der Waals surface area contributed by atoms with Crippen LogP contribution in [0.25, 0.3) is 0 Å². The first-order valence-electron chi connectivity index (χ1n) is 4.37. The Balaban J connectivity index is 2.49. The maximum atomic E-state index is 5.77. The van der Waals surface area contributed by atoms with E-state index < -0.39 is 0 Å². The summed E-state index contributed by atoms with van der Waals surface area (Å²) in [5.74, 6) is 0. The molecule has 2 heteroatoms. The number of rotatable bonds is 0. The van der Waals surface area contributed by atoms with Crippen molar-refractivity contribution in [3.8, 4) is 0 Å². The summed E-state index contributed by atoms with van der Waals surface area (Å²) in [5.41, 5.74) is 9.46. The zero-order valence-corrected chi connectivity index (χ0v) is 7.90. The molecule has 0 atom stereocenters. The Morgan fingerprint density at radius 3 is 2.33 bits per heavy atom. The zero-order chi connectivity index (χ0) is 8.55. The van der Waals surface area contributed by atoms with Gasteiger partial charge in [-0.05, 0) is 48.9 Å². The molecule has 0 amide bonds. The van der Waals surface area contributed by atoms with Gasteiger partial charge in [0.15, 0.2) is 0 Å². The fourth-order valence-corrected chi connectivity index (χ4v) is 2.01. The lowest BCUT2D eigenvalue weighted by molar-refractivity contribution is 0.684. The summed E-state index contributed by atoms with van der Waals surface area (Å²) in [5, 5.41) is 0. The van der Waals surface area contributed by atoms with Gasteiger partial charge in [0.1, 0.15) is 0 Å². The van der Waals surface area contributed by atoms with Crippen LogP contribution in [-0.4, -0.2) is 0 Å². The van der Waals surface area contributed by atoms with Crippen LogP contribution in [0.1, 0.15) is 24.0 Å². The van der Waals surface area contributed by atoms with E-state index in [1.165, 1.54) is 36.8 Å². The summed E-state index contributed by atoms with van der Waals surface area (Å²) in [4.78, 5) is 0.927. The third-order valence-electron chi connectivity index (χ3n) is 2.49. The smallest absolute Gasteiger partial charge is 0.0452 e. The summed E-state index contributed by atoms with van der Waals surface area (Å²) in [6, 6.07) is 4.20. The Kier molecular flexibility index (Phi) is 2.01. The zero-order valence-electron chi connectivity index (χ0n) is 7.01. The van der Waals surface area contributed by atoms with Crippen LogP contribution >= 0.6 is 12.6 Å². The van der Waals surface area contributed by atoms with E-state index in [4.69, 9.17) is 5.73 Å². The molecule has 0 saturated heterocycles. The SMILES string of the molecule is Nc1cc2c(cc1S)CCCC2. The molecule has 0 aromatic heterocycles. The highest BCUT2D eigenvalue weighted by Gasteiger charge is 2.10. The summed E-state index contributed by atoms with van der Waals surface area (Å²) in [7, 11) is 0. The van der Waals surface area contributed by atoms with Crippen molar-refractivity contribution in [2.75, 3.05) is 5.73 Å². The van der Waals surface area contributed by atoms with E-state index in [0.717, 1.165) is 10.6 Å². The molecule has 12 heavy (non-hydrogen) atoms. The normalized spacial score (nSPS) is 15.8. The van der Waals surface area contributed by atoms with Crippen molar-refractivity contribution in [2.24, 2.45) is 0 Å². The van der Waals surface area contributed by atoms with E-state index in [1.54, 1.807) is 0 Å². The second-order valence-electron chi connectivity index (χ2n) is 3.39. The van der Waals surface area contributed by atoms with Crippen LogP contribution in [0, 0.1) is 0 Å². The number of benzene rings is 1. The van der Waals surface area contributed by atoms with Gasteiger partial charge in [-0.3, -0.25) is 0 Å². The fourth-order valence-electron chi connectivity index (χ4n) is 1.79. The average Bonchev–Trinajstić information content (AvgIpc) is 2.07. The number of thiol groups is 1. The van der Waals surface area contributed by atoms with Gasteiger partial charge in [-0.15, -0.1) is 12.6 Å². The van der Waals surface area contributed by atoms with Gasteiger partial charge in [0.25, 0.3) is 0 Å². The average molecular weight is 179 g/mol. The summed E-state index contributed by atoms with van der Waals surface area (Å²) >= 11 is 4.31. The molecule has 1 aliphatic carbocycles. The first kappa shape index (κ1) is 7.99. The van der Waals surface area contributed by atoms with Gasteiger partial charge in [-0.2, -0.15) is 0 Å². The number of aryl methyl sites for hydroxylation is 2. The number of anilines is 1. The van der Waals surface area contributed by atoms with E-state index in [9.17, 15) is 0 Å². The monoisotopic (exact) mass is 179 g/mol. The first-order chi connectivity index (χ1) is 5.77. The molecule has 2 N–H and O–H groups in total. The van der Waals surface area contributed by atoms with E-state index in [0.29, 0.717) is 0 Å². The van der Waals surface area contributed by atoms with Crippen LogP contribution in [0.15, 0.2) is 17.0 Å². The quantitative estimate of drug-likeness (QED) is 0.464. The predicted octanol–water partition coefficient (Wildman–Crippen LogP) is 2.44. The molecule has 1 aliphatic rings. The number of nitrogen functional groups attached to an aromatic ring is 1. The molecule has 0 spiro atoms. The molecule has 1 nitrogen and oxygen atoms in total. The number of fused-ring (bicyclic) bond motifs is 1. The minimum absolute atomic E-state index is 0.819. The van der Waals surface area contributed by atoms with Gasteiger partial charge in [-0.25, -0.2) is 0 Å². The lowest BCUT2D eigenvalue weighted by atomic mass is 9.91. The Morgan fingerprint density at radius 2 is 1.67 bits per heavy atom. The van der Waals surface area contributed by atoms with E-state index in [2.05, 4.69) is 24.8 Å². The molecule has 64 valence electrons. The van der Waals surface area contributed by atoms with Crippen molar-refractivity contribution >= 4 is 18.3 Å². The molecule has 0 bridgehead atoms. The van der Waals surface area contributed by atoms with Gasteiger partial charge in [-0.1, -0.05) is 0 Å². The highest BCUT2D eigenvalue weighted by molar-refractivity contribution is 7.80. The lowest BCUT2D eigenvalue weighted by Crippen LogP contribution is -2.03. The van der Waals surface area contributed by atoms with E-state index >= 15 is 0 Å². The second kappa shape index (κ2) is 3.02. The molecule has 1 aromatic rings. The van der Waals surface area contributed by atoms with Gasteiger partial charge in [0.05, 0.1) is 0 Å². The third kappa shape index (κ3) is 1.31. The highest BCUT2D eigenvalue weighted by atomic mass is 32.1. The fraction of sp³-hybridized carbons (Fsp3) is 0.400. The van der Waals surface area contributed by atoms with Crippen LogP contribution in [0.4, 0.5) is 5.69 Å². The van der Waals surface area contributed by atoms with Crippen molar-refractivity contribution in [3.63, 3.8) is 0 Å². The summed E-state index contributed by atoms with van der Waals surface area (Å²) in [6.07, 6.45) is 5.00. The minimum Gasteiger partial charge on any atom is -0.398 e. The maximum absolute atomic E-state index is 5.77. The molecule has 2 rings (SSSR count). The van der Waals surface area contributed by atoms with Crippen LogP contribution < -0.4 is 5.73 Å². The standard InChI is InChI=1S/C10H13NS/c11-9-5-7-3-1-2-4-8(7)6-10(9)12/h5-6,12H,1-4,11H2. The molecule has 0 fully saturated rings. The van der Waals surface area contributed by atoms with Crippen LogP contribution in [0.5, 0.6) is 0 Å². The van der Waals surface area contributed by atoms with E-state index in [-0.39, 0.29) is 0 Å². The summed E-state index contributed by atoms with van der Waals surface area (Å²) < 4.78 is 0. The third-order valence-corrected chi connectivity index (χ3v) is 2.88. The lowest BCUT2D eigenvalue weighted by Gasteiger charge is -2.16. The van der Waals surface area contributed by atoms with Crippen molar-refractivity contribution in [3.05, 3.63) is 23.3 Å².